The summed E-state index contributed by atoms with van der Waals surface area (Å²) in [6.07, 6.45) is 0. The summed E-state index contributed by atoms with van der Waals surface area (Å²) in [6.45, 7) is 4.37. The molecule has 0 spiro atoms. The van der Waals surface area contributed by atoms with Crippen molar-refractivity contribution < 1.29 is 9.53 Å². The molecule has 0 aromatic heterocycles. The van der Waals surface area contributed by atoms with Crippen LogP contribution >= 0.6 is 15.9 Å². The number of aryl methyl sites for hydroxylation is 1. The van der Waals surface area contributed by atoms with E-state index in [1.54, 1.807) is 18.2 Å². The molecule has 4 nitrogen and oxygen atoms in total. The topological polar surface area (TPSA) is 64.3 Å². The number of ether oxygens (including phenoxy) is 1. The molecule has 2 rings (SSSR count). The second kappa shape index (κ2) is 6.63. The Kier molecular flexibility index (Phi) is 4.85. The van der Waals surface area contributed by atoms with Crippen LogP contribution in [-0.2, 0) is 0 Å². The Balaban J connectivity index is 2.25. The number of hydrogen-bond acceptors (Lipinski definition) is 3. The molecule has 0 bridgehead atoms. The van der Waals surface area contributed by atoms with Crippen molar-refractivity contribution in [1.29, 1.82) is 0 Å². The molecule has 0 fully saturated rings. The van der Waals surface area contributed by atoms with Gasteiger partial charge < -0.3 is 15.8 Å². The summed E-state index contributed by atoms with van der Waals surface area (Å²) in [6, 6.07) is 10.8. The molecule has 2 aromatic rings. The Morgan fingerprint density at radius 1 is 1.29 bits per heavy atom. The van der Waals surface area contributed by atoms with Gasteiger partial charge in [-0.25, -0.2) is 0 Å². The molecular weight excluding hydrogens is 332 g/mol. The normalized spacial score (nSPS) is 10.2. The van der Waals surface area contributed by atoms with Crippen molar-refractivity contribution in [1.82, 2.24) is 0 Å². The zero-order chi connectivity index (χ0) is 15.4. The van der Waals surface area contributed by atoms with E-state index in [0.717, 1.165) is 15.7 Å². The Labute approximate surface area is 132 Å². The van der Waals surface area contributed by atoms with Gasteiger partial charge in [0.2, 0.25) is 0 Å². The Bertz CT molecular complexity index is 671. The van der Waals surface area contributed by atoms with E-state index in [1.165, 1.54) is 0 Å². The summed E-state index contributed by atoms with van der Waals surface area (Å²) in [7, 11) is 0. The summed E-state index contributed by atoms with van der Waals surface area (Å²) in [5.74, 6) is 0.362. The van der Waals surface area contributed by atoms with Crippen LogP contribution in [0.1, 0.15) is 22.8 Å². The molecular formula is C16H17BrN2O2. The van der Waals surface area contributed by atoms with E-state index >= 15 is 0 Å². The lowest BCUT2D eigenvalue weighted by atomic mass is 10.1. The van der Waals surface area contributed by atoms with Gasteiger partial charge in [0.05, 0.1) is 12.3 Å². The van der Waals surface area contributed by atoms with Gasteiger partial charge in [-0.15, -0.1) is 0 Å². The van der Waals surface area contributed by atoms with Gasteiger partial charge in [-0.05, 0) is 59.6 Å². The van der Waals surface area contributed by atoms with Crippen molar-refractivity contribution in [3.63, 3.8) is 0 Å². The molecule has 0 aliphatic rings. The fourth-order valence-corrected chi connectivity index (χ4v) is 2.28. The molecule has 0 radical (unpaired) electrons. The number of benzene rings is 2. The first-order valence-corrected chi connectivity index (χ1v) is 7.39. The molecule has 0 saturated carbocycles. The fourth-order valence-electron chi connectivity index (χ4n) is 1.93. The average Bonchev–Trinajstić information content (AvgIpc) is 2.42. The predicted octanol–water partition coefficient (Wildman–Crippen LogP) is 3.99. The Morgan fingerprint density at radius 3 is 2.76 bits per heavy atom. The summed E-state index contributed by atoms with van der Waals surface area (Å²) in [5, 5.41) is 2.87. The molecule has 0 heterocycles. The summed E-state index contributed by atoms with van der Waals surface area (Å²) < 4.78 is 6.23. The van der Waals surface area contributed by atoms with E-state index < -0.39 is 0 Å². The van der Waals surface area contributed by atoms with Crippen molar-refractivity contribution in [2.75, 3.05) is 17.7 Å². The summed E-state index contributed by atoms with van der Waals surface area (Å²) in [5.41, 5.74) is 8.55. The Morgan fingerprint density at radius 2 is 2.05 bits per heavy atom. The molecule has 2 aromatic carbocycles. The van der Waals surface area contributed by atoms with Gasteiger partial charge in [-0.2, -0.15) is 0 Å². The van der Waals surface area contributed by atoms with Gasteiger partial charge >= 0.3 is 0 Å². The smallest absolute Gasteiger partial charge is 0.255 e. The fraction of sp³-hybridized carbons (Fsp3) is 0.188. The minimum Gasteiger partial charge on any atom is -0.494 e. The number of nitrogens with one attached hydrogen (secondary N) is 1. The number of hydrogen-bond donors (Lipinski definition) is 2. The van der Waals surface area contributed by atoms with Gasteiger partial charge in [-0.3, -0.25) is 4.79 Å². The van der Waals surface area contributed by atoms with Gasteiger partial charge in [0, 0.05) is 21.8 Å². The van der Waals surface area contributed by atoms with E-state index in [0.29, 0.717) is 23.6 Å². The van der Waals surface area contributed by atoms with E-state index in [1.807, 2.05) is 32.0 Å². The molecule has 1 amide bonds. The van der Waals surface area contributed by atoms with E-state index in [4.69, 9.17) is 10.5 Å². The number of amides is 1. The van der Waals surface area contributed by atoms with Crippen LogP contribution in [0.4, 0.5) is 11.4 Å². The first kappa shape index (κ1) is 15.4. The predicted molar refractivity (Wildman–Crippen MR) is 88.9 cm³/mol. The van der Waals surface area contributed by atoms with E-state index in [-0.39, 0.29) is 5.91 Å². The van der Waals surface area contributed by atoms with Crippen LogP contribution in [-0.4, -0.2) is 12.5 Å². The highest BCUT2D eigenvalue weighted by atomic mass is 79.9. The number of rotatable bonds is 4. The summed E-state index contributed by atoms with van der Waals surface area (Å²) in [4.78, 5) is 12.3. The third-order valence-electron chi connectivity index (χ3n) is 2.87. The zero-order valence-electron chi connectivity index (χ0n) is 11.9. The molecule has 5 heteroatoms. The monoisotopic (exact) mass is 348 g/mol. The molecule has 0 unspecified atom stereocenters. The van der Waals surface area contributed by atoms with Crippen LogP contribution in [0.5, 0.6) is 5.75 Å². The van der Waals surface area contributed by atoms with Gasteiger partial charge in [0.25, 0.3) is 5.91 Å². The number of anilines is 2. The highest BCUT2D eigenvalue weighted by Crippen LogP contribution is 2.25. The van der Waals surface area contributed by atoms with Crippen LogP contribution in [0.15, 0.2) is 40.9 Å². The van der Waals surface area contributed by atoms with Crippen LogP contribution in [0.3, 0.4) is 0 Å². The second-order valence-electron chi connectivity index (χ2n) is 4.66. The average molecular weight is 349 g/mol. The maximum absolute atomic E-state index is 12.3. The lowest BCUT2D eigenvalue weighted by Gasteiger charge is -2.10. The van der Waals surface area contributed by atoms with Gasteiger partial charge in [-0.1, -0.05) is 6.07 Å². The van der Waals surface area contributed by atoms with Crippen molar-refractivity contribution in [3.8, 4) is 5.75 Å². The quantitative estimate of drug-likeness (QED) is 0.821. The second-order valence-corrected chi connectivity index (χ2v) is 5.52. The van der Waals surface area contributed by atoms with Crippen LogP contribution in [0, 0.1) is 6.92 Å². The summed E-state index contributed by atoms with van der Waals surface area (Å²) >= 11 is 3.42. The van der Waals surface area contributed by atoms with Gasteiger partial charge in [0.15, 0.2) is 0 Å². The third kappa shape index (κ3) is 3.98. The number of halogens is 1. The number of nitrogens with two attached hydrogens (primary N) is 1. The zero-order valence-corrected chi connectivity index (χ0v) is 13.5. The van der Waals surface area contributed by atoms with Crippen LogP contribution in [0.25, 0.3) is 0 Å². The van der Waals surface area contributed by atoms with Crippen molar-refractivity contribution >= 4 is 33.2 Å². The van der Waals surface area contributed by atoms with Crippen LogP contribution < -0.4 is 15.8 Å². The highest BCUT2D eigenvalue weighted by Gasteiger charge is 2.11. The van der Waals surface area contributed by atoms with E-state index in [2.05, 4.69) is 21.2 Å². The number of nitrogen functional groups attached to an aromatic ring is 1. The number of carbonyl (C=O) groups excluding carboxylic acids is 1. The first-order chi connectivity index (χ1) is 9.99. The molecule has 110 valence electrons. The Hall–Kier alpha value is -2.01. The first-order valence-electron chi connectivity index (χ1n) is 6.60. The highest BCUT2D eigenvalue weighted by molar-refractivity contribution is 9.10. The minimum atomic E-state index is -0.227. The lowest BCUT2D eigenvalue weighted by Crippen LogP contribution is -2.13. The molecule has 0 atom stereocenters. The SMILES string of the molecule is CCOc1cc(N)cc(C(=O)Nc2cc(C)ccc2Br)c1. The molecule has 21 heavy (non-hydrogen) atoms. The standard InChI is InChI=1S/C16H17BrN2O2/c1-3-21-13-8-11(7-12(18)9-13)16(20)19-15-6-10(2)4-5-14(15)17/h4-9H,3,18H2,1-2H3,(H,19,20). The lowest BCUT2D eigenvalue weighted by molar-refractivity contribution is 0.102. The maximum atomic E-state index is 12.3. The molecule has 0 aliphatic carbocycles. The largest absolute Gasteiger partial charge is 0.494 e. The third-order valence-corrected chi connectivity index (χ3v) is 3.56. The van der Waals surface area contributed by atoms with Crippen molar-refractivity contribution in [2.45, 2.75) is 13.8 Å². The van der Waals surface area contributed by atoms with Crippen molar-refractivity contribution in [2.24, 2.45) is 0 Å². The number of carbonyl (C=O) groups is 1. The van der Waals surface area contributed by atoms with E-state index in [9.17, 15) is 4.79 Å². The molecule has 3 N–H and O–H groups in total. The molecule has 0 aliphatic heterocycles. The van der Waals surface area contributed by atoms with Gasteiger partial charge in [0.1, 0.15) is 5.75 Å². The van der Waals surface area contributed by atoms with Crippen LogP contribution in [0.2, 0.25) is 0 Å². The maximum Gasteiger partial charge on any atom is 0.255 e. The van der Waals surface area contributed by atoms with Crippen molar-refractivity contribution in [3.05, 3.63) is 52.0 Å². The molecule has 0 saturated heterocycles. The minimum absolute atomic E-state index is 0.227.